The number of rotatable bonds is 7. The van der Waals surface area contributed by atoms with Crippen LogP contribution in [0.25, 0.3) is 5.82 Å². The van der Waals surface area contributed by atoms with Gasteiger partial charge in [0.05, 0.1) is 11.7 Å². The molecule has 3 aromatic rings. The normalized spacial score (nSPS) is 16.4. The topological polar surface area (TPSA) is 51.0 Å². The molecule has 1 aliphatic rings. The second kappa shape index (κ2) is 9.24. The van der Waals surface area contributed by atoms with Gasteiger partial charge in [0.25, 0.3) is 0 Å². The van der Waals surface area contributed by atoms with Crippen LogP contribution in [-0.2, 0) is 11.2 Å². The monoisotopic (exact) mass is 402 g/mol. The predicted octanol–water partition coefficient (Wildman–Crippen LogP) is 5.08. The number of carbonyl (C=O) groups is 1. The van der Waals surface area contributed by atoms with Crippen LogP contribution in [0, 0.1) is 0 Å². The van der Waals surface area contributed by atoms with Crippen molar-refractivity contribution in [2.45, 2.75) is 57.9 Å². The van der Waals surface area contributed by atoms with E-state index in [1.807, 2.05) is 35.5 Å². The zero-order valence-corrected chi connectivity index (χ0v) is 17.9. The molecular formula is C25H30N4O. The van der Waals surface area contributed by atoms with Crippen LogP contribution in [0.1, 0.15) is 68.6 Å². The predicted molar refractivity (Wildman–Crippen MR) is 119 cm³/mol. The van der Waals surface area contributed by atoms with Crippen molar-refractivity contribution in [1.29, 1.82) is 0 Å². The van der Waals surface area contributed by atoms with Crippen molar-refractivity contribution in [3.63, 3.8) is 0 Å². The number of carbonyl (C=O) groups excluding carboxylic acids is 1. The Morgan fingerprint density at radius 2 is 1.97 bits per heavy atom. The van der Waals surface area contributed by atoms with Crippen molar-refractivity contribution in [3.05, 3.63) is 78.0 Å². The van der Waals surface area contributed by atoms with E-state index in [1.165, 1.54) is 5.56 Å². The zero-order chi connectivity index (χ0) is 20.9. The minimum Gasteiger partial charge on any atom is -0.334 e. The third kappa shape index (κ3) is 4.45. The summed E-state index contributed by atoms with van der Waals surface area (Å²) < 4.78 is 2.05. The number of hydrogen-bond donors (Lipinski definition) is 0. The minimum atomic E-state index is 0.0696. The number of amides is 1. The molecule has 0 aliphatic carbocycles. The fraction of sp³-hybridized carbons (Fsp3) is 0.400. The highest BCUT2D eigenvalue weighted by molar-refractivity contribution is 5.77. The minimum absolute atomic E-state index is 0.0696. The van der Waals surface area contributed by atoms with E-state index < -0.39 is 0 Å². The molecule has 1 aromatic carbocycles. The lowest BCUT2D eigenvalue weighted by molar-refractivity contribution is -0.132. The first-order valence-corrected chi connectivity index (χ1v) is 11.0. The smallest absolute Gasteiger partial charge is 0.223 e. The van der Waals surface area contributed by atoms with Gasteiger partial charge in [0.2, 0.25) is 5.91 Å². The number of nitrogens with zero attached hydrogens (tertiary/aromatic N) is 4. The first kappa shape index (κ1) is 20.3. The Bertz CT molecular complexity index is 980. The Balaban J connectivity index is 1.45. The fourth-order valence-corrected chi connectivity index (χ4v) is 4.30. The van der Waals surface area contributed by atoms with Gasteiger partial charge in [0.15, 0.2) is 0 Å². The highest BCUT2D eigenvalue weighted by Gasteiger charge is 2.30. The second-order valence-corrected chi connectivity index (χ2v) is 8.32. The quantitative estimate of drug-likeness (QED) is 0.554. The average Bonchev–Trinajstić information content (AvgIpc) is 3.44. The van der Waals surface area contributed by atoms with Crippen molar-refractivity contribution in [1.82, 2.24) is 19.4 Å². The molecule has 4 rings (SSSR count). The SMILES string of the molecule is CC(C)c1nccn1-c1cccc([C@H]2CCCN2C(=O)CCCc2ccccc2)n1. The number of aryl methyl sites for hydroxylation is 1. The summed E-state index contributed by atoms with van der Waals surface area (Å²) in [6, 6.07) is 16.6. The Hall–Kier alpha value is -2.95. The summed E-state index contributed by atoms with van der Waals surface area (Å²) in [5.74, 6) is 2.43. The molecule has 1 atom stereocenters. The average molecular weight is 403 g/mol. The molecule has 1 aliphatic heterocycles. The lowest BCUT2D eigenvalue weighted by Crippen LogP contribution is -2.31. The molecular weight excluding hydrogens is 372 g/mol. The Labute approximate surface area is 178 Å². The van der Waals surface area contributed by atoms with Crippen molar-refractivity contribution < 1.29 is 4.79 Å². The fourth-order valence-electron chi connectivity index (χ4n) is 4.30. The number of imidazole rings is 1. The molecule has 0 unspecified atom stereocenters. The van der Waals surface area contributed by atoms with E-state index in [-0.39, 0.29) is 11.9 Å². The molecule has 5 heteroatoms. The second-order valence-electron chi connectivity index (χ2n) is 8.32. The van der Waals surface area contributed by atoms with E-state index in [1.54, 1.807) is 0 Å². The highest BCUT2D eigenvalue weighted by atomic mass is 16.2. The molecule has 1 amide bonds. The van der Waals surface area contributed by atoms with E-state index in [4.69, 9.17) is 4.98 Å². The molecule has 2 aromatic heterocycles. The van der Waals surface area contributed by atoms with Gasteiger partial charge in [-0.1, -0.05) is 50.2 Å². The van der Waals surface area contributed by atoms with Crippen LogP contribution in [-0.4, -0.2) is 31.9 Å². The number of aromatic nitrogens is 3. The largest absolute Gasteiger partial charge is 0.334 e. The summed E-state index contributed by atoms with van der Waals surface area (Å²) in [5, 5.41) is 0. The van der Waals surface area contributed by atoms with Crippen LogP contribution < -0.4 is 0 Å². The molecule has 0 radical (unpaired) electrons. The highest BCUT2D eigenvalue weighted by Crippen LogP contribution is 2.32. The Morgan fingerprint density at radius 1 is 1.13 bits per heavy atom. The Morgan fingerprint density at radius 3 is 2.77 bits per heavy atom. The summed E-state index contributed by atoms with van der Waals surface area (Å²) in [4.78, 5) is 24.4. The maximum absolute atomic E-state index is 13.0. The third-order valence-corrected chi connectivity index (χ3v) is 5.80. The molecule has 0 saturated carbocycles. The van der Waals surface area contributed by atoms with Crippen LogP contribution in [0.3, 0.4) is 0 Å². The molecule has 1 saturated heterocycles. The van der Waals surface area contributed by atoms with E-state index in [0.29, 0.717) is 12.3 Å². The number of pyridine rings is 1. The van der Waals surface area contributed by atoms with Crippen LogP contribution >= 0.6 is 0 Å². The first-order chi connectivity index (χ1) is 14.6. The van der Waals surface area contributed by atoms with Gasteiger partial charge in [-0.2, -0.15) is 0 Å². The van der Waals surface area contributed by atoms with Crippen molar-refractivity contribution in [2.24, 2.45) is 0 Å². The zero-order valence-electron chi connectivity index (χ0n) is 17.9. The van der Waals surface area contributed by atoms with Gasteiger partial charge in [-0.3, -0.25) is 9.36 Å². The molecule has 30 heavy (non-hydrogen) atoms. The van der Waals surface area contributed by atoms with E-state index in [9.17, 15) is 4.79 Å². The van der Waals surface area contributed by atoms with E-state index in [2.05, 4.69) is 53.7 Å². The maximum Gasteiger partial charge on any atom is 0.223 e. The van der Waals surface area contributed by atoms with E-state index in [0.717, 1.165) is 49.6 Å². The molecule has 0 spiro atoms. The molecule has 0 bridgehead atoms. The van der Waals surface area contributed by atoms with Gasteiger partial charge in [-0.15, -0.1) is 0 Å². The van der Waals surface area contributed by atoms with Crippen molar-refractivity contribution in [2.75, 3.05) is 6.54 Å². The van der Waals surface area contributed by atoms with Gasteiger partial charge >= 0.3 is 0 Å². The molecule has 156 valence electrons. The van der Waals surface area contributed by atoms with Crippen LogP contribution in [0.2, 0.25) is 0 Å². The number of benzene rings is 1. The standard InChI is InChI=1S/C25H30N4O/c1-19(2)25-26-16-18-29(25)23-14-7-12-21(27-23)22-13-8-17-28(22)24(30)15-6-11-20-9-4-3-5-10-20/h3-5,7,9-10,12,14,16,18-19,22H,6,8,11,13,15,17H2,1-2H3/t22-/m1/s1. The number of hydrogen-bond acceptors (Lipinski definition) is 3. The van der Waals surface area contributed by atoms with E-state index >= 15 is 0 Å². The van der Waals surface area contributed by atoms with Gasteiger partial charge in [-0.25, -0.2) is 9.97 Å². The summed E-state index contributed by atoms with van der Waals surface area (Å²) in [7, 11) is 0. The summed E-state index contributed by atoms with van der Waals surface area (Å²) >= 11 is 0. The third-order valence-electron chi connectivity index (χ3n) is 5.80. The van der Waals surface area contributed by atoms with Crippen LogP contribution in [0.5, 0.6) is 0 Å². The molecule has 5 nitrogen and oxygen atoms in total. The van der Waals surface area contributed by atoms with Gasteiger partial charge in [-0.05, 0) is 43.4 Å². The van der Waals surface area contributed by atoms with Crippen LogP contribution in [0.15, 0.2) is 60.9 Å². The first-order valence-electron chi connectivity index (χ1n) is 11.0. The lowest BCUT2D eigenvalue weighted by atomic mass is 10.1. The number of likely N-dealkylation sites (tertiary alicyclic amines) is 1. The lowest BCUT2D eigenvalue weighted by Gasteiger charge is -2.25. The summed E-state index contributed by atoms with van der Waals surface area (Å²) in [6.45, 7) is 5.09. The van der Waals surface area contributed by atoms with Crippen LogP contribution in [0.4, 0.5) is 0 Å². The van der Waals surface area contributed by atoms with Gasteiger partial charge < -0.3 is 4.90 Å². The van der Waals surface area contributed by atoms with Gasteiger partial charge in [0.1, 0.15) is 11.6 Å². The molecule has 3 heterocycles. The van der Waals surface area contributed by atoms with Crippen molar-refractivity contribution in [3.8, 4) is 5.82 Å². The summed E-state index contributed by atoms with van der Waals surface area (Å²) in [6.07, 6.45) is 8.20. The summed E-state index contributed by atoms with van der Waals surface area (Å²) in [5.41, 5.74) is 2.27. The molecule has 0 N–H and O–H groups in total. The molecule has 1 fully saturated rings. The van der Waals surface area contributed by atoms with Crippen molar-refractivity contribution >= 4 is 5.91 Å². The Kier molecular flexibility index (Phi) is 6.26. The maximum atomic E-state index is 13.0. The van der Waals surface area contributed by atoms with Gasteiger partial charge in [0, 0.05) is 31.3 Å².